The van der Waals surface area contributed by atoms with Gasteiger partial charge in [-0.1, -0.05) is 6.07 Å². The average Bonchev–Trinajstić information content (AvgIpc) is 3.14. The molecule has 1 aromatic rings. The second kappa shape index (κ2) is 7.73. The highest BCUT2D eigenvalue weighted by Gasteiger charge is 2.79. The molecule has 0 spiro atoms. The van der Waals surface area contributed by atoms with Crippen molar-refractivity contribution in [2.45, 2.75) is 50.4 Å². The van der Waals surface area contributed by atoms with Crippen LogP contribution in [0.5, 0.6) is 0 Å². The summed E-state index contributed by atoms with van der Waals surface area (Å²) >= 11 is 1.06. The lowest BCUT2D eigenvalue weighted by Crippen LogP contribution is -3.26. The number of nitrogens with one attached hydrogen (secondary N) is 2. The Kier molecular flexibility index (Phi) is 6.24. The molecular weight excluding hydrogens is 386 g/mol. The quantitative estimate of drug-likeness (QED) is 0.563. The minimum atomic E-state index is -5.75. The van der Waals surface area contributed by atoms with Gasteiger partial charge in [0.1, 0.15) is 19.2 Å². The third-order valence-electron chi connectivity index (χ3n) is 4.21. The molecule has 4 nitrogen and oxygen atoms in total. The highest BCUT2D eigenvalue weighted by Crippen LogP contribution is 2.39. The van der Waals surface area contributed by atoms with Crippen molar-refractivity contribution in [1.82, 2.24) is 5.32 Å². The van der Waals surface area contributed by atoms with Gasteiger partial charge in [-0.25, -0.2) is 0 Å². The highest BCUT2D eigenvalue weighted by atomic mass is 32.1. The molecule has 0 saturated carbocycles. The molecule has 0 bridgehead atoms. The zero-order chi connectivity index (χ0) is 19.6. The Bertz CT molecular complexity index is 582. The minimum Gasteiger partial charge on any atom is -0.372 e. The van der Waals surface area contributed by atoms with Gasteiger partial charge in [0.2, 0.25) is 5.91 Å². The maximum absolute atomic E-state index is 13.8. The van der Waals surface area contributed by atoms with Crippen molar-refractivity contribution in [1.29, 1.82) is 0 Å². The standard InChI is InChI=1S/C15H18F6N2O2S/c1-10(24)22-13(14(16,17)18,15(19,20)21)23(8-11-4-2-6-25-11)9-12-5-3-7-26-12/h3,5,7,11H,2,4,6,8-9H2,1H3,(H,22,24)/p+1/t11-/m1/s1. The van der Waals surface area contributed by atoms with Crippen molar-refractivity contribution in [2.75, 3.05) is 13.2 Å². The lowest BCUT2D eigenvalue weighted by molar-refractivity contribution is -0.997. The highest BCUT2D eigenvalue weighted by molar-refractivity contribution is 7.09. The fourth-order valence-corrected chi connectivity index (χ4v) is 3.86. The van der Waals surface area contributed by atoms with Crippen molar-refractivity contribution in [3.05, 3.63) is 22.4 Å². The van der Waals surface area contributed by atoms with Gasteiger partial charge in [-0.05, 0) is 24.3 Å². The van der Waals surface area contributed by atoms with Gasteiger partial charge >= 0.3 is 18.0 Å². The zero-order valence-corrected chi connectivity index (χ0v) is 14.7. The second-order valence-electron chi connectivity index (χ2n) is 6.13. The van der Waals surface area contributed by atoms with Gasteiger partial charge in [-0.3, -0.25) is 15.0 Å². The van der Waals surface area contributed by atoms with E-state index in [1.807, 2.05) is 0 Å². The molecule has 11 heteroatoms. The van der Waals surface area contributed by atoms with E-state index in [0.29, 0.717) is 31.2 Å². The Labute approximate surface area is 150 Å². The number of hydrogen-bond acceptors (Lipinski definition) is 3. The second-order valence-corrected chi connectivity index (χ2v) is 7.16. The third-order valence-corrected chi connectivity index (χ3v) is 5.09. The summed E-state index contributed by atoms with van der Waals surface area (Å²) in [5.74, 6) is -1.41. The smallest absolute Gasteiger partial charge is 0.372 e. The largest absolute Gasteiger partial charge is 0.475 e. The lowest BCUT2D eigenvalue weighted by Gasteiger charge is -2.42. The Morgan fingerprint density at radius 1 is 1.31 bits per heavy atom. The fourth-order valence-electron chi connectivity index (χ4n) is 3.12. The Morgan fingerprint density at radius 3 is 2.38 bits per heavy atom. The van der Waals surface area contributed by atoms with Crippen molar-refractivity contribution < 1.29 is 40.8 Å². The Balaban J connectivity index is 2.51. The van der Waals surface area contributed by atoms with Crippen LogP contribution in [0.2, 0.25) is 0 Å². The summed E-state index contributed by atoms with van der Waals surface area (Å²) in [7, 11) is 0. The summed E-state index contributed by atoms with van der Waals surface area (Å²) < 4.78 is 88.0. The molecule has 1 amide bonds. The molecule has 2 atom stereocenters. The Morgan fingerprint density at radius 2 is 1.96 bits per heavy atom. The van der Waals surface area contributed by atoms with E-state index >= 15 is 0 Å². The van der Waals surface area contributed by atoms with Crippen molar-refractivity contribution >= 4 is 17.2 Å². The van der Waals surface area contributed by atoms with Crippen LogP contribution in [0, 0.1) is 0 Å². The van der Waals surface area contributed by atoms with E-state index in [9.17, 15) is 31.1 Å². The number of quaternary nitrogens is 1. The van der Waals surface area contributed by atoms with Crippen LogP contribution in [-0.4, -0.2) is 43.2 Å². The van der Waals surface area contributed by atoms with Crippen LogP contribution in [0.1, 0.15) is 24.6 Å². The summed E-state index contributed by atoms with van der Waals surface area (Å²) in [6.45, 7) is -0.142. The predicted octanol–water partition coefficient (Wildman–Crippen LogP) is 2.27. The number of carbonyl (C=O) groups excluding carboxylic acids is 1. The van der Waals surface area contributed by atoms with Gasteiger partial charge in [-0.2, -0.15) is 26.3 Å². The monoisotopic (exact) mass is 405 g/mol. The zero-order valence-electron chi connectivity index (χ0n) is 13.8. The third kappa shape index (κ3) is 4.32. The molecule has 1 aliphatic heterocycles. The normalized spacial score (nSPS) is 20.2. The number of halogens is 6. The van der Waals surface area contributed by atoms with E-state index in [4.69, 9.17) is 4.74 Å². The van der Waals surface area contributed by atoms with Gasteiger partial charge in [0.15, 0.2) is 0 Å². The van der Waals surface area contributed by atoms with Crippen LogP contribution in [0.25, 0.3) is 0 Å². The molecule has 2 rings (SSSR count). The summed E-state index contributed by atoms with van der Waals surface area (Å²) in [6, 6.07) is 3.01. The van der Waals surface area contributed by atoms with Crippen LogP contribution in [-0.2, 0) is 16.1 Å². The number of alkyl halides is 6. The van der Waals surface area contributed by atoms with Gasteiger partial charge < -0.3 is 4.74 Å². The van der Waals surface area contributed by atoms with Gasteiger partial charge in [0, 0.05) is 13.5 Å². The lowest BCUT2D eigenvalue weighted by atomic mass is 10.0. The number of thiophene rings is 1. The molecule has 0 aromatic carbocycles. The minimum absolute atomic E-state index is 0.294. The van der Waals surface area contributed by atoms with E-state index < -0.39 is 48.0 Å². The van der Waals surface area contributed by atoms with Crippen LogP contribution < -0.4 is 10.2 Å². The van der Waals surface area contributed by atoms with Crippen LogP contribution in [0.15, 0.2) is 17.5 Å². The molecule has 1 aliphatic rings. The van der Waals surface area contributed by atoms with E-state index in [1.165, 1.54) is 11.4 Å². The molecule has 1 unspecified atom stereocenters. The first kappa shape index (κ1) is 21.0. The molecule has 0 aliphatic carbocycles. The van der Waals surface area contributed by atoms with E-state index in [1.54, 1.807) is 11.4 Å². The van der Waals surface area contributed by atoms with Crippen molar-refractivity contribution in [3.63, 3.8) is 0 Å². The fraction of sp³-hybridized carbons (Fsp3) is 0.667. The maximum atomic E-state index is 13.8. The Hall–Kier alpha value is -1.33. The molecule has 2 heterocycles. The first-order valence-corrected chi connectivity index (χ1v) is 8.76. The average molecular weight is 405 g/mol. The van der Waals surface area contributed by atoms with Crippen LogP contribution >= 0.6 is 11.3 Å². The van der Waals surface area contributed by atoms with Crippen molar-refractivity contribution in [3.8, 4) is 0 Å². The van der Waals surface area contributed by atoms with E-state index in [2.05, 4.69) is 0 Å². The number of hydrogen-bond donors (Lipinski definition) is 2. The molecule has 1 aromatic heterocycles. The van der Waals surface area contributed by atoms with Gasteiger partial charge in [-0.15, -0.1) is 11.3 Å². The number of rotatable bonds is 6. The molecule has 148 valence electrons. The predicted molar refractivity (Wildman–Crippen MR) is 81.5 cm³/mol. The van der Waals surface area contributed by atoms with E-state index in [0.717, 1.165) is 11.3 Å². The molecule has 1 saturated heterocycles. The summed E-state index contributed by atoms with van der Waals surface area (Å²) in [5.41, 5.74) is -4.41. The first-order valence-electron chi connectivity index (χ1n) is 7.88. The SMILES string of the molecule is CC(=O)NC([NH+](Cc1cccs1)C[C@H]1CCCO1)(C(F)(F)F)C(F)(F)F. The molecule has 26 heavy (non-hydrogen) atoms. The number of ether oxygens (including phenoxy) is 1. The topological polar surface area (TPSA) is 42.8 Å². The summed E-state index contributed by atoms with van der Waals surface area (Å²) in [5, 5.41) is 2.75. The number of amides is 1. The summed E-state index contributed by atoms with van der Waals surface area (Å²) in [6.07, 6.45) is -11.3. The van der Waals surface area contributed by atoms with Crippen molar-refractivity contribution in [2.24, 2.45) is 0 Å². The van der Waals surface area contributed by atoms with Crippen LogP contribution in [0.4, 0.5) is 26.3 Å². The maximum Gasteiger partial charge on any atom is 0.475 e. The number of carbonyl (C=O) groups is 1. The van der Waals surface area contributed by atoms with E-state index in [-0.39, 0.29) is 0 Å². The molecule has 0 radical (unpaired) electrons. The van der Waals surface area contributed by atoms with Gasteiger partial charge in [0.05, 0.1) is 4.88 Å². The van der Waals surface area contributed by atoms with Crippen LogP contribution in [0.3, 0.4) is 0 Å². The molecule has 1 fully saturated rings. The molecular formula is C15H19F6N2O2S+. The first-order chi connectivity index (χ1) is 12.0. The molecule has 2 N–H and O–H groups in total. The summed E-state index contributed by atoms with van der Waals surface area (Å²) in [4.78, 5) is 10.8. The van der Waals surface area contributed by atoms with Gasteiger partial charge in [0.25, 0.3) is 0 Å².